The second-order valence-electron chi connectivity index (χ2n) is 6.48. The molecule has 6 nitrogen and oxygen atoms in total. The predicted molar refractivity (Wildman–Crippen MR) is 109 cm³/mol. The average molecular weight is 455 g/mol. The molecule has 0 aliphatic heterocycles. The summed E-state index contributed by atoms with van der Waals surface area (Å²) < 4.78 is 33.8. The second kappa shape index (κ2) is 9.23. The Morgan fingerprint density at radius 3 is 2.19 bits per heavy atom. The second-order valence-corrected chi connectivity index (χ2v) is 9.08. The number of benzene rings is 2. The monoisotopic (exact) mass is 454 g/mol. The third-order valence-corrected chi connectivity index (χ3v) is 5.52. The van der Waals surface area contributed by atoms with Crippen molar-refractivity contribution in [1.82, 2.24) is 5.32 Å². The summed E-state index contributed by atoms with van der Waals surface area (Å²) in [5, 5.41) is 2.80. The van der Waals surface area contributed by atoms with E-state index in [-0.39, 0.29) is 10.8 Å². The zero-order chi connectivity index (χ0) is 20.0. The smallest absolute Gasteiger partial charge is 0.261 e. The molecule has 0 aromatic heterocycles. The number of amides is 1. The molecule has 0 fully saturated rings. The van der Waals surface area contributed by atoms with Crippen molar-refractivity contribution in [2.75, 3.05) is 11.3 Å². The third-order valence-electron chi connectivity index (χ3n) is 3.60. The van der Waals surface area contributed by atoms with Crippen molar-refractivity contribution in [3.63, 3.8) is 0 Å². The van der Waals surface area contributed by atoms with E-state index in [2.05, 4.69) is 26.0 Å². The Morgan fingerprint density at radius 1 is 1.04 bits per heavy atom. The summed E-state index contributed by atoms with van der Waals surface area (Å²) >= 11 is 3.30. The molecule has 0 bridgehead atoms. The number of halogens is 1. The SMILES string of the molecule is CC(C)CNC(=O)[C@@H](C)Oc1ccc(S(=O)(=O)Nc2ccc(Br)cc2)cc1. The minimum Gasteiger partial charge on any atom is -0.481 e. The van der Waals surface area contributed by atoms with Gasteiger partial charge in [-0.25, -0.2) is 8.42 Å². The molecule has 0 spiro atoms. The van der Waals surface area contributed by atoms with Gasteiger partial charge in [-0.15, -0.1) is 0 Å². The van der Waals surface area contributed by atoms with Crippen LogP contribution in [0.2, 0.25) is 0 Å². The highest BCUT2D eigenvalue weighted by Gasteiger charge is 2.17. The van der Waals surface area contributed by atoms with E-state index in [1.54, 1.807) is 31.2 Å². The molecule has 1 atom stereocenters. The Bertz CT molecular complexity index is 866. The van der Waals surface area contributed by atoms with E-state index in [1.807, 2.05) is 13.8 Å². The van der Waals surface area contributed by atoms with Crippen LogP contribution in [0.25, 0.3) is 0 Å². The van der Waals surface area contributed by atoms with Crippen LogP contribution in [0.1, 0.15) is 20.8 Å². The van der Waals surface area contributed by atoms with Crippen molar-refractivity contribution >= 4 is 37.5 Å². The molecule has 0 saturated carbocycles. The van der Waals surface area contributed by atoms with E-state index in [0.29, 0.717) is 23.9 Å². The van der Waals surface area contributed by atoms with E-state index in [1.165, 1.54) is 24.3 Å². The zero-order valence-electron chi connectivity index (χ0n) is 15.4. The normalized spacial score (nSPS) is 12.5. The topological polar surface area (TPSA) is 84.5 Å². The van der Waals surface area contributed by atoms with Crippen LogP contribution in [0.3, 0.4) is 0 Å². The van der Waals surface area contributed by atoms with Gasteiger partial charge in [0, 0.05) is 16.7 Å². The van der Waals surface area contributed by atoms with Crippen molar-refractivity contribution in [2.24, 2.45) is 5.92 Å². The number of carbonyl (C=O) groups excluding carboxylic acids is 1. The average Bonchev–Trinajstić information content (AvgIpc) is 2.61. The Labute approximate surface area is 168 Å². The zero-order valence-corrected chi connectivity index (χ0v) is 17.8. The van der Waals surface area contributed by atoms with Gasteiger partial charge in [-0.3, -0.25) is 9.52 Å². The van der Waals surface area contributed by atoms with Crippen molar-refractivity contribution in [3.8, 4) is 5.75 Å². The predicted octanol–water partition coefficient (Wildman–Crippen LogP) is 3.79. The maximum atomic E-state index is 12.4. The number of carbonyl (C=O) groups is 1. The first-order valence-corrected chi connectivity index (χ1v) is 10.8. The molecule has 0 saturated heterocycles. The molecule has 146 valence electrons. The van der Waals surface area contributed by atoms with Crippen LogP contribution in [0.15, 0.2) is 57.9 Å². The highest BCUT2D eigenvalue weighted by atomic mass is 79.9. The lowest BCUT2D eigenvalue weighted by Gasteiger charge is -2.16. The fourth-order valence-electron chi connectivity index (χ4n) is 2.14. The molecular weight excluding hydrogens is 432 g/mol. The fraction of sp³-hybridized carbons (Fsp3) is 0.316. The van der Waals surface area contributed by atoms with Gasteiger partial charge >= 0.3 is 0 Å². The van der Waals surface area contributed by atoms with Crippen LogP contribution < -0.4 is 14.8 Å². The summed E-state index contributed by atoms with van der Waals surface area (Å²) in [5.74, 6) is 0.561. The van der Waals surface area contributed by atoms with E-state index in [9.17, 15) is 13.2 Å². The van der Waals surface area contributed by atoms with Gasteiger partial charge in [0.05, 0.1) is 4.90 Å². The standard InChI is InChI=1S/C19H23BrN2O4S/c1-13(2)12-21-19(23)14(3)26-17-8-10-18(11-9-17)27(24,25)22-16-6-4-15(20)5-7-16/h4-11,13-14,22H,12H2,1-3H3,(H,21,23)/t14-/m1/s1. The first-order valence-electron chi connectivity index (χ1n) is 8.50. The van der Waals surface area contributed by atoms with Crippen molar-refractivity contribution in [3.05, 3.63) is 53.0 Å². The lowest BCUT2D eigenvalue weighted by molar-refractivity contribution is -0.127. The molecule has 0 radical (unpaired) electrons. The fourth-order valence-corrected chi connectivity index (χ4v) is 3.46. The number of hydrogen-bond acceptors (Lipinski definition) is 4. The molecule has 1 amide bonds. The first-order chi connectivity index (χ1) is 12.7. The number of anilines is 1. The van der Waals surface area contributed by atoms with E-state index in [0.717, 1.165) is 4.47 Å². The van der Waals surface area contributed by atoms with Crippen molar-refractivity contribution < 1.29 is 17.9 Å². The lowest BCUT2D eigenvalue weighted by atomic mass is 10.2. The highest BCUT2D eigenvalue weighted by molar-refractivity contribution is 9.10. The Kier molecular flexibility index (Phi) is 7.26. The van der Waals surface area contributed by atoms with E-state index >= 15 is 0 Å². The van der Waals surface area contributed by atoms with Gasteiger partial charge in [0.1, 0.15) is 5.75 Å². The van der Waals surface area contributed by atoms with Crippen LogP contribution in [-0.4, -0.2) is 27.0 Å². The van der Waals surface area contributed by atoms with Gasteiger partial charge in [-0.2, -0.15) is 0 Å². The molecule has 0 unspecified atom stereocenters. The van der Waals surface area contributed by atoms with Gasteiger partial charge < -0.3 is 10.1 Å². The number of nitrogens with one attached hydrogen (secondary N) is 2. The van der Waals surface area contributed by atoms with Gasteiger partial charge in [0.15, 0.2) is 6.10 Å². The summed E-state index contributed by atoms with van der Waals surface area (Å²) in [5.41, 5.74) is 0.467. The molecule has 8 heteroatoms. The molecular formula is C19H23BrN2O4S. The lowest BCUT2D eigenvalue weighted by Crippen LogP contribution is -2.38. The van der Waals surface area contributed by atoms with Crippen LogP contribution >= 0.6 is 15.9 Å². The summed E-state index contributed by atoms with van der Waals surface area (Å²) in [7, 11) is -3.71. The van der Waals surface area contributed by atoms with Crippen LogP contribution in [-0.2, 0) is 14.8 Å². The number of sulfonamides is 1. The Balaban J connectivity index is 2.01. The molecule has 0 aliphatic rings. The summed E-state index contributed by atoms with van der Waals surface area (Å²) in [6.07, 6.45) is -0.674. The maximum Gasteiger partial charge on any atom is 0.261 e. The quantitative estimate of drug-likeness (QED) is 0.635. The highest BCUT2D eigenvalue weighted by Crippen LogP contribution is 2.21. The number of ether oxygens (including phenoxy) is 1. The molecule has 2 aromatic rings. The van der Waals surface area contributed by atoms with Gasteiger partial charge in [0.25, 0.3) is 15.9 Å². The Morgan fingerprint density at radius 2 is 1.63 bits per heavy atom. The Hall–Kier alpha value is -2.06. The summed E-state index contributed by atoms with van der Waals surface area (Å²) in [6.45, 7) is 6.24. The van der Waals surface area contributed by atoms with Crippen LogP contribution in [0.4, 0.5) is 5.69 Å². The van der Waals surface area contributed by atoms with Crippen LogP contribution in [0, 0.1) is 5.92 Å². The molecule has 0 aliphatic carbocycles. The molecule has 2 N–H and O–H groups in total. The minimum atomic E-state index is -3.71. The van der Waals surface area contributed by atoms with E-state index < -0.39 is 16.1 Å². The van der Waals surface area contributed by atoms with Gasteiger partial charge in [-0.1, -0.05) is 29.8 Å². The summed E-state index contributed by atoms with van der Waals surface area (Å²) in [4.78, 5) is 12.1. The first kappa shape index (κ1) is 21.2. The molecule has 2 aromatic carbocycles. The van der Waals surface area contributed by atoms with Gasteiger partial charge in [-0.05, 0) is 61.4 Å². The largest absolute Gasteiger partial charge is 0.481 e. The molecule has 27 heavy (non-hydrogen) atoms. The maximum absolute atomic E-state index is 12.4. The van der Waals surface area contributed by atoms with Crippen molar-refractivity contribution in [2.45, 2.75) is 31.8 Å². The molecule has 2 rings (SSSR count). The third kappa shape index (κ3) is 6.55. The van der Waals surface area contributed by atoms with E-state index in [4.69, 9.17) is 4.74 Å². The minimum absolute atomic E-state index is 0.106. The summed E-state index contributed by atoms with van der Waals surface area (Å²) in [6, 6.07) is 12.8. The van der Waals surface area contributed by atoms with Crippen LogP contribution in [0.5, 0.6) is 5.75 Å². The van der Waals surface area contributed by atoms with Crippen molar-refractivity contribution in [1.29, 1.82) is 0 Å². The van der Waals surface area contributed by atoms with Gasteiger partial charge in [0.2, 0.25) is 0 Å². The molecule has 0 heterocycles. The number of rotatable bonds is 8. The number of hydrogen-bond donors (Lipinski definition) is 2.